The molecule has 1 atom stereocenters. The van der Waals surface area contributed by atoms with E-state index in [2.05, 4.69) is 72.5 Å². The average molecular weight is 550 g/mol. The van der Waals surface area contributed by atoms with E-state index in [0.717, 1.165) is 66.1 Å². The van der Waals surface area contributed by atoms with Crippen molar-refractivity contribution >= 4 is 0 Å². The minimum absolute atomic E-state index is 0.130. The number of hydrogen-bond donors (Lipinski definition) is 0. The third kappa shape index (κ3) is 7.33. The summed E-state index contributed by atoms with van der Waals surface area (Å²) in [6.45, 7) is 6.16. The molecule has 0 saturated carbocycles. The van der Waals surface area contributed by atoms with Crippen molar-refractivity contribution in [2.24, 2.45) is 0 Å². The monoisotopic (exact) mass is 549 g/mol. The first-order valence-electron chi connectivity index (χ1n) is 14.6. The lowest BCUT2D eigenvalue weighted by atomic mass is 9.93. The SMILES string of the molecule is CCCCc1c(CN(Cc2cccc(OCC)c2)C(C2=CC=CCC2)C2=COC=CO2)ncnc1-c1ccccc1. The van der Waals surface area contributed by atoms with Gasteiger partial charge in [0.1, 0.15) is 30.9 Å². The number of unbranched alkanes of at least 4 members (excludes halogenated alkanes) is 1. The predicted molar refractivity (Wildman–Crippen MR) is 163 cm³/mol. The topological polar surface area (TPSA) is 56.7 Å². The zero-order valence-electron chi connectivity index (χ0n) is 24.0. The first-order chi connectivity index (χ1) is 20.3. The van der Waals surface area contributed by atoms with Crippen molar-refractivity contribution in [3.63, 3.8) is 0 Å². The Morgan fingerprint density at radius 1 is 1.00 bits per heavy atom. The molecule has 0 N–H and O–H groups in total. The van der Waals surface area contributed by atoms with Crippen LogP contribution >= 0.6 is 0 Å². The zero-order chi connectivity index (χ0) is 28.3. The van der Waals surface area contributed by atoms with Gasteiger partial charge in [0.05, 0.1) is 24.0 Å². The number of nitrogens with zero attached hydrogens (tertiary/aromatic N) is 3. The maximum Gasteiger partial charge on any atom is 0.160 e. The molecule has 0 bridgehead atoms. The lowest BCUT2D eigenvalue weighted by Crippen LogP contribution is -2.39. The zero-order valence-corrected chi connectivity index (χ0v) is 24.0. The number of ether oxygens (including phenoxy) is 3. The van der Waals surface area contributed by atoms with Gasteiger partial charge in [-0.2, -0.15) is 0 Å². The highest BCUT2D eigenvalue weighted by molar-refractivity contribution is 5.63. The highest BCUT2D eigenvalue weighted by Crippen LogP contribution is 2.32. The Labute approximate surface area is 243 Å². The van der Waals surface area contributed by atoms with E-state index in [9.17, 15) is 0 Å². The van der Waals surface area contributed by atoms with Gasteiger partial charge in [-0.3, -0.25) is 4.90 Å². The van der Waals surface area contributed by atoms with Crippen LogP contribution in [-0.2, 0) is 29.0 Å². The van der Waals surface area contributed by atoms with Gasteiger partial charge >= 0.3 is 0 Å². The van der Waals surface area contributed by atoms with Crippen LogP contribution in [0.2, 0.25) is 0 Å². The fourth-order valence-electron chi connectivity index (χ4n) is 5.46. The Morgan fingerprint density at radius 3 is 2.66 bits per heavy atom. The van der Waals surface area contributed by atoms with E-state index >= 15 is 0 Å². The smallest absolute Gasteiger partial charge is 0.160 e. The molecule has 1 aromatic heterocycles. The molecule has 5 rings (SSSR count). The van der Waals surface area contributed by atoms with E-state index < -0.39 is 0 Å². The molecular formula is C35H39N3O3. The van der Waals surface area contributed by atoms with Crippen molar-refractivity contribution < 1.29 is 14.2 Å². The van der Waals surface area contributed by atoms with Gasteiger partial charge in [-0.15, -0.1) is 0 Å². The Kier molecular flexibility index (Phi) is 10.0. The average Bonchev–Trinajstić information content (AvgIpc) is 3.02. The Morgan fingerprint density at radius 2 is 1.90 bits per heavy atom. The predicted octanol–water partition coefficient (Wildman–Crippen LogP) is 7.89. The van der Waals surface area contributed by atoms with Crippen LogP contribution in [0.4, 0.5) is 0 Å². The standard InChI is InChI=1S/C35H39N3O3/c1-3-5-19-31-32(36-26-37-34(31)28-14-8-6-9-15-28)24-38(23-27-13-12-18-30(22-27)40-4-2)35(29-16-10-7-11-17-29)33-25-39-20-21-41-33/h6-10,12-16,18,20-22,25-26,35H,3-5,11,17,19,23-24H2,1-2H3. The van der Waals surface area contributed by atoms with Crippen LogP contribution in [0.15, 0.2) is 109 Å². The molecule has 2 heterocycles. The molecular weight excluding hydrogens is 510 g/mol. The molecule has 2 aromatic carbocycles. The van der Waals surface area contributed by atoms with E-state index in [1.807, 2.05) is 19.1 Å². The molecule has 0 amide bonds. The molecule has 212 valence electrons. The fourth-order valence-corrected chi connectivity index (χ4v) is 5.46. The van der Waals surface area contributed by atoms with Gasteiger partial charge in [0, 0.05) is 24.2 Å². The normalized spacial score (nSPS) is 15.1. The number of aromatic nitrogens is 2. The molecule has 1 unspecified atom stereocenters. The summed E-state index contributed by atoms with van der Waals surface area (Å²) in [4.78, 5) is 12.1. The van der Waals surface area contributed by atoms with Gasteiger partial charge in [0.15, 0.2) is 5.76 Å². The van der Waals surface area contributed by atoms with Crippen molar-refractivity contribution in [2.45, 2.75) is 65.1 Å². The minimum atomic E-state index is -0.130. The van der Waals surface area contributed by atoms with Crippen molar-refractivity contribution in [3.05, 3.63) is 126 Å². The summed E-state index contributed by atoms with van der Waals surface area (Å²) in [6, 6.07) is 18.7. The molecule has 6 nitrogen and oxygen atoms in total. The van der Waals surface area contributed by atoms with Crippen LogP contribution in [0.1, 0.15) is 56.4 Å². The minimum Gasteiger partial charge on any atom is -0.494 e. The fraction of sp³-hybridized carbons (Fsp3) is 0.314. The second-order valence-electron chi connectivity index (χ2n) is 10.3. The van der Waals surface area contributed by atoms with Crippen LogP contribution in [0.3, 0.4) is 0 Å². The number of benzene rings is 2. The molecule has 1 aliphatic heterocycles. The lowest BCUT2D eigenvalue weighted by Gasteiger charge is -2.35. The van der Waals surface area contributed by atoms with Crippen LogP contribution in [-0.4, -0.2) is 27.5 Å². The molecule has 2 aliphatic rings. The molecule has 0 fully saturated rings. The van der Waals surface area contributed by atoms with Crippen LogP contribution in [0.25, 0.3) is 11.3 Å². The Balaban J connectivity index is 1.59. The second kappa shape index (κ2) is 14.5. The van der Waals surface area contributed by atoms with Crippen LogP contribution in [0, 0.1) is 0 Å². The largest absolute Gasteiger partial charge is 0.494 e. The van der Waals surface area contributed by atoms with Crippen molar-refractivity contribution in [2.75, 3.05) is 6.61 Å². The quantitative estimate of drug-likeness (QED) is 0.216. The number of hydrogen-bond acceptors (Lipinski definition) is 6. The second-order valence-corrected chi connectivity index (χ2v) is 10.3. The number of allylic oxidation sites excluding steroid dienone is 3. The van der Waals surface area contributed by atoms with E-state index in [-0.39, 0.29) is 6.04 Å². The van der Waals surface area contributed by atoms with E-state index in [4.69, 9.17) is 24.2 Å². The summed E-state index contributed by atoms with van der Waals surface area (Å²) in [5.74, 6) is 1.64. The summed E-state index contributed by atoms with van der Waals surface area (Å²) in [5.41, 5.74) is 6.82. The van der Waals surface area contributed by atoms with Crippen molar-refractivity contribution in [3.8, 4) is 17.0 Å². The van der Waals surface area contributed by atoms with Gasteiger partial charge < -0.3 is 14.2 Å². The van der Waals surface area contributed by atoms with E-state index in [1.165, 1.54) is 11.1 Å². The molecule has 41 heavy (non-hydrogen) atoms. The maximum absolute atomic E-state index is 6.09. The highest BCUT2D eigenvalue weighted by Gasteiger charge is 2.31. The van der Waals surface area contributed by atoms with Crippen LogP contribution in [0.5, 0.6) is 5.75 Å². The first kappa shape index (κ1) is 28.4. The van der Waals surface area contributed by atoms with Gasteiger partial charge in [-0.25, -0.2) is 9.97 Å². The summed E-state index contributed by atoms with van der Waals surface area (Å²) in [5, 5.41) is 0. The number of rotatable bonds is 13. The Bertz CT molecular complexity index is 1410. The van der Waals surface area contributed by atoms with Gasteiger partial charge in [-0.1, -0.05) is 74.0 Å². The Hall–Kier alpha value is -4.16. The summed E-state index contributed by atoms with van der Waals surface area (Å²) >= 11 is 0. The first-order valence-corrected chi connectivity index (χ1v) is 14.6. The summed E-state index contributed by atoms with van der Waals surface area (Å²) in [7, 11) is 0. The van der Waals surface area contributed by atoms with Gasteiger partial charge in [-0.05, 0) is 55.9 Å². The van der Waals surface area contributed by atoms with Gasteiger partial charge in [0.2, 0.25) is 0 Å². The third-order valence-corrected chi connectivity index (χ3v) is 7.36. The summed E-state index contributed by atoms with van der Waals surface area (Å²) < 4.78 is 17.6. The van der Waals surface area contributed by atoms with Crippen molar-refractivity contribution in [1.82, 2.24) is 14.9 Å². The molecule has 1 aliphatic carbocycles. The van der Waals surface area contributed by atoms with Crippen LogP contribution < -0.4 is 4.74 Å². The summed E-state index contributed by atoms with van der Waals surface area (Å²) in [6.07, 6.45) is 18.2. The van der Waals surface area contributed by atoms with E-state index in [0.29, 0.717) is 19.7 Å². The third-order valence-electron chi connectivity index (χ3n) is 7.36. The molecule has 0 spiro atoms. The van der Waals surface area contributed by atoms with Crippen molar-refractivity contribution in [1.29, 1.82) is 0 Å². The van der Waals surface area contributed by atoms with E-state index in [1.54, 1.807) is 25.1 Å². The lowest BCUT2D eigenvalue weighted by molar-refractivity contribution is 0.147. The van der Waals surface area contributed by atoms with Gasteiger partial charge in [0.25, 0.3) is 0 Å². The molecule has 6 heteroatoms. The molecule has 0 radical (unpaired) electrons. The highest BCUT2D eigenvalue weighted by atomic mass is 16.5. The maximum atomic E-state index is 6.09. The molecule has 0 saturated heterocycles. The molecule has 3 aromatic rings.